The molecule has 0 aromatic heterocycles. The van der Waals surface area contributed by atoms with Gasteiger partial charge in [-0.15, -0.1) is 0 Å². The molecule has 0 atom stereocenters. The van der Waals surface area contributed by atoms with Gasteiger partial charge in [-0.05, 0) is 31.0 Å². The Kier molecular flexibility index (Phi) is 2.85. The average Bonchev–Trinajstić information content (AvgIpc) is 2.63. The molecule has 0 N–H and O–H groups in total. The number of benzene rings is 2. The lowest BCUT2D eigenvalue weighted by atomic mass is 9.86. The molecule has 0 unspecified atom stereocenters. The third-order valence-electron chi connectivity index (χ3n) is 3.89. The van der Waals surface area contributed by atoms with E-state index in [1.165, 1.54) is 6.07 Å². The van der Waals surface area contributed by atoms with E-state index in [9.17, 15) is 9.18 Å². The van der Waals surface area contributed by atoms with Crippen LogP contribution in [0.1, 0.15) is 25.0 Å². The summed E-state index contributed by atoms with van der Waals surface area (Å²) >= 11 is 0. The molecular weight excluding hydrogens is 253 g/mol. The highest BCUT2D eigenvalue weighted by molar-refractivity contribution is 6.07. The van der Waals surface area contributed by atoms with Gasteiger partial charge in [0.25, 0.3) is 0 Å². The maximum Gasteiger partial charge on any atom is 0.237 e. The molecule has 1 amide bonds. The molecule has 1 heterocycles. The molecule has 0 saturated carbocycles. The minimum Gasteiger partial charge on any atom is -0.304 e. The lowest BCUT2D eigenvalue weighted by Crippen LogP contribution is -2.35. The SMILES string of the molecule is CC1(C)C(=O)N(Cc2ccccc2)c2c(F)cccc21. The number of hydrogen-bond donors (Lipinski definition) is 0. The quantitative estimate of drug-likeness (QED) is 0.815. The van der Waals surface area contributed by atoms with Gasteiger partial charge in [-0.2, -0.15) is 0 Å². The number of carbonyl (C=O) groups excluding carboxylic acids is 1. The predicted molar refractivity (Wildman–Crippen MR) is 77.1 cm³/mol. The fourth-order valence-corrected chi connectivity index (χ4v) is 2.77. The number of halogens is 1. The van der Waals surface area contributed by atoms with E-state index < -0.39 is 5.41 Å². The molecule has 20 heavy (non-hydrogen) atoms. The number of anilines is 1. The summed E-state index contributed by atoms with van der Waals surface area (Å²) in [4.78, 5) is 14.2. The van der Waals surface area contributed by atoms with Crippen LogP contribution in [0.3, 0.4) is 0 Å². The first kappa shape index (κ1) is 12.9. The van der Waals surface area contributed by atoms with E-state index in [2.05, 4.69) is 0 Å². The van der Waals surface area contributed by atoms with Crippen molar-refractivity contribution >= 4 is 11.6 Å². The number of amides is 1. The fourth-order valence-electron chi connectivity index (χ4n) is 2.77. The first-order chi connectivity index (χ1) is 9.51. The molecule has 0 bridgehead atoms. The highest BCUT2D eigenvalue weighted by Gasteiger charge is 2.45. The van der Waals surface area contributed by atoms with Gasteiger partial charge in [0.05, 0.1) is 17.6 Å². The average molecular weight is 269 g/mol. The zero-order chi connectivity index (χ0) is 14.3. The van der Waals surface area contributed by atoms with Gasteiger partial charge in [-0.3, -0.25) is 4.79 Å². The highest BCUT2D eigenvalue weighted by Crippen LogP contribution is 2.43. The summed E-state index contributed by atoms with van der Waals surface area (Å²) in [5.74, 6) is -0.390. The predicted octanol–water partition coefficient (Wildman–Crippen LogP) is 3.65. The van der Waals surface area contributed by atoms with Crippen LogP contribution in [0.25, 0.3) is 0 Å². The standard InChI is InChI=1S/C17H16FNO/c1-17(2)13-9-6-10-14(18)15(13)19(16(17)20)11-12-7-4-3-5-8-12/h3-10H,11H2,1-2H3. The van der Waals surface area contributed by atoms with Crippen LogP contribution < -0.4 is 4.90 Å². The zero-order valence-electron chi connectivity index (χ0n) is 11.6. The molecule has 3 rings (SSSR count). The summed E-state index contributed by atoms with van der Waals surface area (Å²) in [6.45, 7) is 4.09. The van der Waals surface area contributed by atoms with E-state index in [1.54, 1.807) is 11.0 Å². The second-order valence-electron chi connectivity index (χ2n) is 5.64. The number of hydrogen-bond acceptors (Lipinski definition) is 1. The zero-order valence-corrected chi connectivity index (χ0v) is 11.6. The summed E-state index contributed by atoms with van der Waals surface area (Å²) < 4.78 is 14.2. The summed E-state index contributed by atoms with van der Waals surface area (Å²) in [7, 11) is 0. The molecule has 2 nitrogen and oxygen atoms in total. The van der Waals surface area contributed by atoms with Crippen molar-refractivity contribution < 1.29 is 9.18 Å². The fraction of sp³-hybridized carbons (Fsp3) is 0.235. The van der Waals surface area contributed by atoms with Crippen molar-refractivity contribution in [2.24, 2.45) is 0 Å². The third-order valence-corrected chi connectivity index (χ3v) is 3.89. The Hall–Kier alpha value is -2.16. The summed E-state index contributed by atoms with van der Waals surface area (Å²) in [5.41, 5.74) is 1.50. The van der Waals surface area contributed by atoms with Gasteiger partial charge in [-0.1, -0.05) is 42.5 Å². The number of nitrogens with zero attached hydrogens (tertiary/aromatic N) is 1. The molecule has 0 aliphatic carbocycles. The van der Waals surface area contributed by atoms with Crippen molar-refractivity contribution in [2.45, 2.75) is 25.8 Å². The molecule has 1 aliphatic rings. The number of carbonyl (C=O) groups is 1. The molecule has 1 aliphatic heterocycles. The largest absolute Gasteiger partial charge is 0.304 e. The Labute approximate surface area is 117 Å². The van der Waals surface area contributed by atoms with E-state index in [-0.39, 0.29) is 11.7 Å². The second kappa shape index (κ2) is 4.44. The lowest BCUT2D eigenvalue weighted by molar-refractivity contribution is -0.122. The summed E-state index contributed by atoms with van der Waals surface area (Å²) in [6.07, 6.45) is 0. The monoisotopic (exact) mass is 269 g/mol. The molecule has 2 aromatic rings. The molecule has 0 fully saturated rings. The molecule has 0 saturated heterocycles. The summed E-state index contributed by atoms with van der Waals surface area (Å²) in [5, 5.41) is 0. The Balaban J connectivity index is 2.08. The van der Waals surface area contributed by atoms with Crippen LogP contribution >= 0.6 is 0 Å². The second-order valence-corrected chi connectivity index (χ2v) is 5.64. The lowest BCUT2D eigenvalue weighted by Gasteiger charge is -2.20. The first-order valence-electron chi connectivity index (χ1n) is 6.66. The Bertz CT molecular complexity index is 664. The summed E-state index contributed by atoms with van der Waals surface area (Å²) in [6, 6.07) is 14.6. The van der Waals surface area contributed by atoms with Crippen LogP contribution in [0.2, 0.25) is 0 Å². The smallest absolute Gasteiger partial charge is 0.237 e. The van der Waals surface area contributed by atoms with Crippen molar-refractivity contribution in [1.29, 1.82) is 0 Å². The van der Waals surface area contributed by atoms with Crippen LogP contribution in [0.5, 0.6) is 0 Å². The first-order valence-corrected chi connectivity index (χ1v) is 6.66. The van der Waals surface area contributed by atoms with Gasteiger partial charge >= 0.3 is 0 Å². The van der Waals surface area contributed by atoms with E-state index in [1.807, 2.05) is 50.2 Å². The Morgan fingerprint density at radius 1 is 1.05 bits per heavy atom. The van der Waals surface area contributed by atoms with E-state index in [0.29, 0.717) is 12.2 Å². The maximum atomic E-state index is 14.2. The van der Waals surface area contributed by atoms with E-state index in [4.69, 9.17) is 0 Å². The van der Waals surface area contributed by atoms with Crippen LogP contribution in [0.4, 0.5) is 10.1 Å². The topological polar surface area (TPSA) is 20.3 Å². The number of rotatable bonds is 2. The minimum absolute atomic E-state index is 0.0542. The van der Waals surface area contributed by atoms with Crippen molar-refractivity contribution in [3.8, 4) is 0 Å². The molecule has 0 radical (unpaired) electrons. The van der Waals surface area contributed by atoms with Crippen LogP contribution in [0.15, 0.2) is 48.5 Å². The van der Waals surface area contributed by atoms with Gasteiger partial charge < -0.3 is 4.90 Å². The van der Waals surface area contributed by atoms with Gasteiger partial charge in [-0.25, -0.2) is 4.39 Å². The number of fused-ring (bicyclic) bond motifs is 1. The van der Waals surface area contributed by atoms with Crippen LogP contribution in [-0.2, 0) is 16.8 Å². The minimum atomic E-state index is -0.674. The van der Waals surface area contributed by atoms with Gasteiger partial charge in [0, 0.05) is 0 Å². The van der Waals surface area contributed by atoms with Gasteiger partial charge in [0.1, 0.15) is 5.82 Å². The van der Waals surface area contributed by atoms with Crippen LogP contribution in [-0.4, -0.2) is 5.91 Å². The molecule has 0 spiro atoms. The van der Waals surface area contributed by atoms with Gasteiger partial charge in [0.15, 0.2) is 0 Å². The Morgan fingerprint density at radius 2 is 1.75 bits per heavy atom. The van der Waals surface area contributed by atoms with Crippen molar-refractivity contribution in [3.63, 3.8) is 0 Å². The maximum absolute atomic E-state index is 14.2. The molecule has 3 heteroatoms. The molecule has 2 aromatic carbocycles. The van der Waals surface area contributed by atoms with Crippen LogP contribution in [0, 0.1) is 5.82 Å². The molecular formula is C17H16FNO. The number of para-hydroxylation sites is 1. The van der Waals surface area contributed by atoms with Crippen molar-refractivity contribution in [2.75, 3.05) is 4.90 Å². The third kappa shape index (κ3) is 1.82. The molecule has 102 valence electrons. The van der Waals surface area contributed by atoms with Gasteiger partial charge in [0.2, 0.25) is 5.91 Å². The Morgan fingerprint density at radius 3 is 2.45 bits per heavy atom. The van der Waals surface area contributed by atoms with Crippen molar-refractivity contribution in [1.82, 2.24) is 0 Å². The van der Waals surface area contributed by atoms with E-state index >= 15 is 0 Å². The normalized spacial score (nSPS) is 16.4. The van der Waals surface area contributed by atoms with E-state index in [0.717, 1.165) is 11.1 Å². The van der Waals surface area contributed by atoms with Crippen molar-refractivity contribution in [3.05, 3.63) is 65.5 Å². The highest BCUT2D eigenvalue weighted by atomic mass is 19.1.